The number of oxazole rings is 1. The molecule has 0 radical (unpaired) electrons. The SMILES string of the molecule is CC1Nc2ccc3ncoc3c2N1. The number of hydrogen-bond donors (Lipinski definition) is 2. The molecular formula is C9H9N3O. The van der Waals surface area contributed by atoms with Crippen molar-refractivity contribution in [2.75, 3.05) is 10.6 Å². The molecule has 0 saturated heterocycles. The zero-order valence-electron chi connectivity index (χ0n) is 7.16. The lowest BCUT2D eigenvalue weighted by Gasteiger charge is -2.01. The maximum atomic E-state index is 5.30. The summed E-state index contributed by atoms with van der Waals surface area (Å²) in [5.41, 5.74) is 3.82. The van der Waals surface area contributed by atoms with Crippen molar-refractivity contribution in [3.05, 3.63) is 18.5 Å². The van der Waals surface area contributed by atoms with Crippen LogP contribution in [0.3, 0.4) is 0 Å². The molecule has 66 valence electrons. The Labute approximate surface area is 75.0 Å². The molecule has 0 aliphatic carbocycles. The molecule has 2 aromatic rings. The second-order valence-corrected chi connectivity index (χ2v) is 3.20. The van der Waals surface area contributed by atoms with Crippen LogP contribution in [0.2, 0.25) is 0 Å². The van der Waals surface area contributed by atoms with E-state index in [-0.39, 0.29) is 6.17 Å². The summed E-state index contributed by atoms with van der Waals surface area (Å²) < 4.78 is 5.30. The van der Waals surface area contributed by atoms with Crippen molar-refractivity contribution in [2.45, 2.75) is 13.1 Å². The Morgan fingerprint density at radius 1 is 1.38 bits per heavy atom. The minimum atomic E-state index is 0.255. The van der Waals surface area contributed by atoms with Gasteiger partial charge in [-0.15, -0.1) is 0 Å². The molecule has 0 amide bonds. The topological polar surface area (TPSA) is 50.1 Å². The summed E-state index contributed by atoms with van der Waals surface area (Å²) >= 11 is 0. The number of rotatable bonds is 0. The smallest absolute Gasteiger partial charge is 0.182 e. The molecule has 1 aliphatic heterocycles. The fourth-order valence-electron chi connectivity index (χ4n) is 1.68. The Balaban J connectivity index is 2.34. The molecule has 0 spiro atoms. The highest BCUT2D eigenvalue weighted by atomic mass is 16.3. The first-order valence-corrected chi connectivity index (χ1v) is 4.24. The van der Waals surface area contributed by atoms with Crippen LogP contribution in [0, 0.1) is 0 Å². The molecule has 1 aromatic heterocycles. The summed E-state index contributed by atoms with van der Waals surface area (Å²) in [5, 5.41) is 6.56. The minimum Gasteiger partial charge on any atom is -0.441 e. The van der Waals surface area contributed by atoms with Gasteiger partial charge in [-0.3, -0.25) is 0 Å². The van der Waals surface area contributed by atoms with Gasteiger partial charge in [0.05, 0.1) is 11.9 Å². The van der Waals surface area contributed by atoms with Gasteiger partial charge in [0.15, 0.2) is 12.0 Å². The molecule has 2 heterocycles. The Bertz CT molecular complexity index is 463. The van der Waals surface area contributed by atoms with Gasteiger partial charge in [0.1, 0.15) is 11.2 Å². The highest BCUT2D eigenvalue weighted by molar-refractivity contribution is 5.96. The number of aromatic nitrogens is 1. The Morgan fingerprint density at radius 2 is 2.31 bits per heavy atom. The van der Waals surface area contributed by atoms with Crippen LogP contribution in [-0.2, 0) is 0 Å². The van der Waals surface area contributed by atoms with Gasteiger partial charge in [0.25, 0.3) is 0 Å². The number of hydrogen-bond acceptors (Lipinski definition) is 4. The third kappa shape index (κ3) is 0.824. The summed E-state index contributed by atoms with van der Waals surface area (Å²) in [5.74, 6) is 0. The maximum absolute atomic E-state index is 5.30. The van der Waals surface area contributed by atoms with Crippen molar-refractivity contribution in [1.29, 1.82) is 0 Å². The highest BCUT2D eigenvalue weighted by Crippen LogP contribution is 2.35. The fourth-order valence-corrected chi connectivity index (χ4v) is 1.68. The standard InChI is InChI=1S/C9H9N3O/c1-5-11-6-2-3-7-9(8(6)12-5)13-4-10-7/h2-5,11-12H,1H3. The van der Waals surface area contributed by atoms with E-state index in [9.17, 15) is 0 Å². The van der Waals surface area contributed by atoms with E-state index >= 15 is 0 Å². The van der Waals surface area contributed by atoms with E-state index in [1.54, 1.807) is 0 Å². The van der Waals surface area contributed by atoms with E-state index in [0.717, 1.165) is 22.5 Å². The van der Waals surface area contributed by atoms with Crippen LogP contribution in [0.1, 0.15) is 6.92 Å². The lowest BCUT2D eigenvalue weighted by molar-refractivity contribution is 0.603. The first kappa shape index (κ1) is 6.77. The predicted octanol–water partition coefficient (Wildman–Crippen LogP) is 2.01. The number of anilines is 2. The molecule has 1 atom stereocenters. The van der Waals surface area contributed by atoms with E-state index in [1.165, 1.54) is 6.39 Å². The normalized spacial score (nSPS) is 19.6. The lowest BCUT2D eigenvalue weighted by Crippen LogP contribution is -2.16. The molecule has 4 heteroatoms. The van der Waals surface area contributed by atoms with Crippen LogP contribution >= 0.6 is 0 Å². The zero-order valence-corrected chi connectivity index (χ0v) is 7.16. The van der Waals surface area contributed by atoms with E-state index in [2.05, 4.69) is 22.5 Å². The van der Waals surface area contributed by atoms with Gasteiger partial charge < -0.3 is 15.1 Å². The number of fused-ring (bicyclic) bond motifs is 3. The molecule has 4 nitrogen and oxygen atoms in total. The van der Waals surface area contributed by atoms with Gasteiger partial charge in [-0.05, 0) is 19.1 Å². The van der Waals surface area contributed by atoms with E-state index in [4.69, 9.17) is 4.42 Å². The van der Waals surface area contributed by atoms with Gasteiger partial charge in [0.2, 0.25) is 0 Å². The summed E-state index contributed by atoms with van der Waals surface area (Å²) in [6.45, 7) is 2.06. The van der Waals surface area contributed by atoms with Crippen molar-refractivity contribution >= 4 is 22.5 Å². The van der Waals surface area contributed by atoms with Crippen LogP contribution in [0.15, 0.2) is 22.9 Å². The molecule has 1 unspecified atom stereocenters. The van der Waals surface area contributed by atoms with Gasteiger partial charge in [-0.1, -0.05) is 0 Å². The molecular weight excluding hydrogens is 166 g/mol. The van der Waals surface area contributed by atoms with Crippen LogP contribution in [0.4, 0.5) is 11.4 Å². The van der Waals surface area contributed by atoms with E-state index in [1.807, 2.05) is 12.1 Å². The minimum absolute atomic E-state index is 0.255. The quantitative estimate of drug-likeness (QED) is 0.643. The summed E-state index contributed by atoms with van der Waals surface area (Å²) in [6.07, 6.45) is 1.72. The molecule has 13 heavy (non-hydrogen) atoms. The predicted molar refractivity (Wildman–Crippen MR) is 50.7 cm³/mol. The largest absolute Gasteiger partial charge is 0.441 e. The van der Waals surface area contributed by atoms with Crippen molar-refractivity contribution in [2.24, 2.45) is 0 Å². The van der Waals surface area contributed by atoms with Crippen LogP contribution < -0.4 is 10.6 Å². The average Bonchev–Trinajstić information content (AvgIpc) is 2.65. The molecule has 3 rings (SSSR count). The molecule has 2 N–H and O–H groups in total. The zero-order chi connectivity index (χ0) is 8.84. The third-order valence-corrected chi connectivity index (χ3v) is 2.23. The van der Waals surface area contributed by atoms with Crippen LogP contribution in [0.25, 0.3) is 11.1 Å². The van der Waals surface area contributed by atoms with Gasteiger partial charge in [-0.2, -0.15) is 0 Å². The van der Waals surface area contributed by atoms with Crippen molar-refractivity contribution < 1.29 is 4.42 Å². The second-order valence-electron chi connectivity index (χ2n) is 3.20. The third-order valence-electron chi connectivity index (χ3n) is 2.23. The van der Waals surface area contributed by atoms with Gasteiger partial charge in [0, 0.05) is 0 Å². The Morgan fingerprint density at radius 3 is 3.23 bits per heavy atom. The number of benzene rings is 1. The fraction of sp³-hybridized carbons (Fsp3) is 0.222. The first-order chi connectivity index (χ1) is 6.34. The average molecular weight is 175 g/mol. The van der Waals surface area contributed by atoms with E-state index < -0.39 is 0 Å². The second kappa shape index (κ2) is 2.16. The first-order valence-electron chi connectivity index (χ1n) is 4.24. The highest BCUT2D eigenvalue weighted by Gasteiger charge is 2.19. The summed E-state index contributed by atoms with van der Waals surface area (Å²) in [6, 6.07) is 3.96. The van der Waals surface area contributed by atoms with Gasteiger partial charge >= 0.3 is 0 Å². The Hall–Kier alpha value is -1.71. The van der Waals surface area contributed by atoms with Crippen LogP contribution in [0.5, 0.6) is 0 Å². The Kier molecular flexibility index (Phi) is 1.12. The van der Waals surface area contributed by atoms with Crippen LogP contribution in [-0.4, -0.2) is 11.1 Å². The summed E-state index contributed by atoms with van der Waals surface area (Å²) in [7, 11) is 0. The maximum Gasteiger partial charge on any atom is 0.182 e. The van der Waals surface area contributed by atoms with Crippen molar-refractivity contribution in [3.8, 4) is 0 Å². The van der Waals surface area contributed by atoms with E-state index in [0.29, 0.717) is 0 Å². The van der Waals surface area contributed by atoms with Crippen molar-refractivity contribution in [3.63, 3.8) is 0 Å². The van der Waals surface area contributed by atoms with Gasteiger partial charge in [-0.25, -0.2) is 4.98 Å². The molecule has 0 fully saturated rings. The number of nitrogens with one attached hydrogen (secondary N) is 2. The van der Waals surface area contributed by atoms with Crippen molar-refractivity contribution in [1.82, 2.24) is 4.98 Å². The summed E-state index contributed by atoms with van der Waals surface area (Å²) in [4.78, 5) is 4.09. The molecule has 1 aromatic carbocycles. The molecule has 1 aliphatic rings. The lowest BCUT2D eigenvalue weighted by atomic mass is 10.2. The molecule has 0 bridgehead atoms. The molecule has 0 saturated carbocycles. The monoisotopic (exact) mass is 175 g/mol. The number of nitrogens with zero attached hydrogens (tertiary/aromatic N) is 1.